The summed E-state index contributed by atoms with van der Waals surface area (Å²) in [6, 6.07) is 4.56. The van der Waals surface area contributed by atoms with E-state index in [1.807, 2.05) is 6.20 Å². The van der Waals surface area contributed by atoms with E-state index in [4.69, 9.17) is 0 Å². The molecule has 2 rings (SSSR count). The molecule has 0 aliphatic rings. The van der Waals surface area contributed by atoms with Crippen molar-refractivity contribution in [3.63, 3.8) is 0 Å². The molecule has 2 heterocycles. The van der Waals surface area contributed by atoms with Gasteiger partial charge < -0.3 is 5.32 Å². The molecule has 92 valence electrons. The average Bonchev–Trinajstić information content (AvgIpc) is 2.97. The molecule has 2 aromatic heterocycles. The summed E-state index contributed by atoms with van der Waals surface area (Å²) >= 11 is 1.74. The van der Waals surface area contributed by atoms with Crippen LogP contribution in [0.4, 0.5) is 0 Å². The van der Waals surface area contributed by atoms with E-state index in [1.165, 1.54) is 11.3 Å². The van der Waals surface area contributed by atoms with Gasteiger partial charge in [-0.3, -0.25) is 4.68 Å². The lowest BCUT2D eigenvalue weighted by atomic mass is 10.1. The number of nitrogens with one attached hydrogen (secondary N) is 1. The van der Waals surface area contributed by atoms with Gasteiger partial charge in [0.05, 0.1) is 11.7 Å². The van der Waals surface area contributed by atoms with Crippen molar-refractivity contribution in [2.45, 2.75) is 32.9 Å². The molecule has 0 saturated heterocycles. The van der Waals surface area contributed by atoms with Crippen LogP contribution >= 0.6 is 11.3 Å². The Morgan fingerprint density at radius 1 is 1.41 bits per heavy atom. The highest BCUT2D eigenvalue weighted by Crippen LogP contribution is 2.23. The smallest absolute Gasteiger partial charge is 0.0756 e. The molecule has 0 bridgehead atoms. The zero-order valence-corrected chi connectivity index (χ0v) is 11.2. The van der Waals surface area contributed by atoms with Gasteiger partial charge in [-0.2, -0.15) is 16.4 Å². The van der Waals surface area contributed by atoms with Gasteiger partial charge in [-0.25, -0.2) is 0 Å². The van der Waals surface area contributed by atoms with E-state index >= 15 is 0 Å². The minimum atomic E-state index is 0.264. The third-order valence-corrected chi connectivity index (χ3v) is 3.47. The van der Waals surface area contributed by atoms with Crippen LogP contribution < -0.4 is 5.32 Å². The van der Waals surface area contributed by atoms with Crippen molar-refractivity contribution in [2.24, 2.45) is 0 Å². The third-order valence-electron chi connectivity index (χ3n) is 2.77. The predicted molar refractivity (Wildman–Crippen MR) is 72.4 cm³/mol. The van der Waals surface area contributed by atoms with Crippen LogP contribution in [0.25, 0.3) is 0 Å². The first-order valence-corrected chi connectivity index (χ1v) is 7.08. The molecular weight excluding hydrogens is 230 g/mol. The van der Waals surface area contributed by atoms with Crippen LogP contribution in [0, 0.1) is 0 Å². The first kappa shape index (κ1) is 12.3. The van der Waals surface area contributed by atoms with Crippen molar-refractivity contribution in [1.82, 2.24) is 15.1 Å². The second-order valence-electron chi connectivity index (χ2n) is 4.03. The van der Waals surface area contributed by atoms with Gasteiger partial charge in [0.1, 0.15) is 0 Å². The average molecular weight is 249 g/mol. The molecule has 0 aliphatic heterocycles. The largest absolute Gasteiger partial charge is 0.305 e. The highest BCUT2D eigenvalue weighted by molar-refractivity contribution is 7.08. The summed E-state index contributed by atoms with van der Waals surface area (Å²) in [7, 11) is 0. The molecule has 0 spiro atoms. The van der Waals surface area contributed by atoms with Crippen molar-refractivity contribution in [3.05, 3.63) is 40.3 Å². The van der Waals surface area contributed by atoms with Crippen LogP contribution in [0.3, 0.4) is 0 Å². The second kappa shape index (κ2) is 5.98. The van der Waals surface area contributed by atoms with E-state index in [9.17, 15) is 0 Å². The van der Waals surface area contributed by atoms with Crippen molar-refractivity contribution in [3.8, 4) is 0 Å². The molecule has 1 atom stereocenters. The summed E-state index contributed by atoms with van der Waals surface area (Å²) in [4.78, 5) is 0. The van der Waals surface area contributed by atoms with Crippen molar-refractivity contribution < 1.29 is 0 Å². The van der Waals surface area contributed by atoms with Crippen LogP contribution in [-0.4, -0.2) is 16.3 Å². The number of hydrogen-bond donors (Lipinski definition) is 1. The van der Waals surface area contributed by atoms with E-state index < -0.39 is 0 Å². The highest BCUT2D eigenvalue weighted by Gasteiger charge is 2.17. The summed E-state index contributed by atoms with van der Waals surface area (Å²) in [5.74, 6) is 0. The molecule has 2 aromatic rings. The van der Waals surface area contributed by atoms with E-state index in [2.05, 4.69) is 51.8 Å². The minimum Gasteiger partial charge on any atom is -0.305 e. The third kappa shape index (κ3) is 2.76. The molecular formula is C13H19N3S. The Balaban J connectivity index is 2.29. The standard InChI is InChI=1S/C13H19N3S/c1-3-8-16-12(5-7-15-16)13(14-4-2)11-6-9-17-10-11/h5-7,9-10,13-14H,3-4,8H2,1-2H3. The van der Waals surface area contributed by atoms with Gasteiger partial charge in [0.15, 0.2) is 0 Å². The molecule has 1 unspecified atom stereocenters. The minimum absolute atomic E-state index is 0.264. The first-order chi connectivity index (χ1) is 8.36. The molecule has 0 aliphatic carbocycles. The number of nitrogens with zero attached hydrogens (tertiary/aromatic N) is 2. The fourth-order valence-electron chi connectivity index (χ4n) is 2.02. The van der Waals surface area contributed by atoms with Gasteiger partial charge in [0.25, 0.3) is 0 Å². The molecule has 17 heavy (non-hydrogen) atoms. The van der Waals surface area contributed by atoms with Crippen LogP contribution in [0.5, 0.6) is 0 Å². The highest BCUT2D eigenvalue weighted by atomic mass is 32.1. The molecule has 0 saturated carbocycles. The second-order valence-corrected chi connectivity index (χ2v) is 4.81. The number of aromatic nitrogens is 2. The van der Waals surface area contributed by atoms with Gasteiger partial charge in [0.2, 0.25) is 0 Å². The number of hydrogen-bond acceptors (Lipinski definition) is 3. The summed E-state index contributed by atoms with van der Waals surface area (Å²) in [5.41, 5.74) is 2.59. The zero-order valence-electron chi connectivity index (χ0n) is 10.4. The molecule has 3 nitrogen and oxygen atoms in total. The monoisotopic (exact) mass is 249 g/mol. The summed E-state index contributed by atoms with van der Waals surface area (Å²) < 4.78 is 2.10. The Morgan fingerprint density at radius 2 is 2.29 bits per heavy atom. The zero-order chi connectivity index (χ0) is 12.1. The van der Waals surface area contributed by atoms with Crippen LogP contribution in [0.15, 0.2) is 29.1 Å². The lowest BCUT2D eigenvalue weighted by molar-refractivity contribution is 0.521. The van der Waals surface area contributed by atoms with Gasteiger partial charge in [-0.15, -0.1) is 0 Å². The van der Waals surface area contributed by atoms with Crippen LogP contribution in [0.2, 0.25) is 0 Å². The molecule has 0 radical (unpaired) electrons. The lowest BCUT2D eigenvalue weighted by Gasteiger charge is -2.18. The van der Waals surface area contributed by atoms with Gasteiger partial charge >= 0.3 is 0 Å². The Hall–Kier alpha value is -1.13. The molecule has 0 amide bonds. The van der Waals surface area contributed by atoms with Crippen LogP contribution in [0.1, 0.15) is 37.6 Å². The maximum atomic E-state index is 4.40. The molecule has 4 heteroatoms. The predicted octanol–water partition coefficient (Wildman–Crippen LogP) is 3.05. The van der Waals surface area contributed by atoms with Crippen molar-refractivity contribution >= 4 is 11.3 Å². The number of aryl methyl sites for hydroxylation is 1. The van der Waals surface area contributed by atoms with Crippen LogP contribution in [-0.2, 0) is 6.54 Å². The summed E-state index contributed by atoms with van der Waals surface area (Å²) in [6.45, 7) is 6.25. The Kier molecular flexibility index (Phi) is 4.34. The quantitative estimate of drug-likeness (QED) is 0.852. The maximum absolute atomic E-state index is 4.40. The Morgan fingerprint density at radius 3 is 2.94 bits per heavy atom. The van der Waals surface area contributed by atoms with Crippen molar-refractivity contribution in [1.29, 1.82) is 0 Å². The fourth-order valence-corrected chi connectivity index (χ4v) is 2.71. The van der Waals surface area contributed by atoms with E-state index in [0.29, 0.717) is 0 Å². The molecule has 1 N–H and O–H groups in total. The fraction of sp³-hybridized carbons (Fsp3) is 0.462. The normalized spacial score (nSPS) is 12.8. The maximum Gasteiger partial charge on any atom is 0.0756 e. The van der Waals surface area contributed by atoms with E-state index in [0.717, 1.165) is 19.5 Å². The number of thiophene rings is 1. The van der Waals surface area contributed by atoms with E-state index in [-0.39, 0.29) is 6.04 Å². The van der Waals surface area contributed by atoms with Gasteiger partial charge in [-0.1, -0.05) is 13.8 Å². The summed E-state index contributed by atoms with van der Waals surface area (Å²) in [5, 5.41) is 12.3. The van der Waals surface area contributed by atoms with E-state index in [1.54, 1.807) is 11.3 Å². The first-order valence-electron chi connectivity index (χ1n) is 6.14. The van der Waals surface area contributed by atoms with Gasteiger partial charge in [-0.05, 0) is 41.4 Å². The summed E-state index contributed by atoms with van der Waals surface area (Å²) in [6.07, 6.45) is 3.00. The lowest BCUT2D eigenvalue weighted by Crippen LogP contribution is -2.24. The SMILES string of the molecule is CCCn1nccc1C(NCC)c1ccsc1. The van der Waals surface area contributed by atoms with Crippen molar-refractivity contribution in [2.75, 3.05) is 6.54 Å². The number of rotatable bonds is 6. The molecule has 0 fully saturated rings. The Bertz CT molecular complexity index is 433. The van der Waals surface area contributed by atoms with Gasteiger partial charge in [0, 0.05) is 12.7 Å². The topological polar surface area (TPSA) is 29.9 Å². The Labute approximate surface area is 106 Å². The molecule has 0 aromatic carbocycles.